The zero-order valence-electron chi connectivity index (χ0n) is 13.9. The van der Waals surface area contributed by atoms with Gasteiger partial charge in [-0.2, -0.15) is 0 Å². The van der Waals surface area contributed by atoms with Crippen molar-refractivity contribution in [1.29, 1.82) is 0 Å². The van der Waals surface area contributed by atoms with Crippen molar-refractivity contribution < 1.29 is 9.53 Å². The Bertz CT molecular complexity index is 631. The van der Waals surface area contributed by atoms with E-state index >= 15 is 0 Å². The SMILES string of the molecule is CC1(C)C[C@H]2C[C@@](C)(CN2C(=O)COc2cccc(Cl)c2Cl)C1. The van der Waals surface area contributed by atoms with Gasteiger partial charge in [0.2, 0.25) is 0 Å². The number of ether oxygens (including phenoxy) is 1. The van der Waals surface area contributed by atoms with Gasteiger partial charge in [0.25, 0.3) is 5.91 Å². The lowest BCUT2D eigenvalue weighted by Gasteiger charge is -2.39. The summed E-state index contributed by atoms with van der Waals surface area (Å²) in [5, 5.41) is 0.790. The number of halogens is 2. The molecule has 0 unspecified atom stereocenters. The van der Waals surface area contributed by atoms with E-state index < -0.39 is 0 Å². The third kappa shape index (κ3) is 3.46. The largest absolute Gasteiger partial charge is 0.482 e. The van der Waals surface area contributed by atoms with Gasteiger partial charge in [-0.3, -0.25) is 4.79 Å². The average molecular weight is 356 g/mol. The minimum Gasteiger partial charge on any atom is -0.482 e. The fourth-order valence-corrected chi connectivity index (χ4v) is 4.92. The summed E-state index contributed by atoms with van der Waals surface area (Å²) in [7, 11) is 0. The van der Waals surface area contributed by atoms with Crippen molar-refractivity contribution in [2.24, 2.45) is 10.8 Å². The number of carbonyl (C=O) groups excluding carboxylic acids is 1. The quantitative estimate of drug-likeness (QED) is 0.779. The van der Waals surface area contributed by atoms with Crippen LogP contribution in [0.2, 0.25) is 10.0 Å². The van der Waals surface area contributed by atoms with Crippen LogP contribution in [-0.2, 0) is 4.79 Å². The van der Waals surface area contributed by atoms with Crippen LogP contribution in [0.25, 0.3) is 0 Å². The molecule has 0 N–H and O–H groups in total. The van der Waals surface area contributed by atoms with Crippen LogP contribution in [0.5, 0.6) is 5.75 Å². The molecule has 1 saturated heterocycles. The molecule has 3 rings (SSSR count). The maximum atomic E-state index is 12.6. The fourth-order valence-electron chi connectivity index (χ4n) is 4.57. The second kappa shape index (κ2) is 5.86. The van der Waals surface area contributed by atoms with Crippen molar-refractivity contribution in [1.82, 2.24) is 4.90 Å². The molecule has 1 aromatic carbocycles. The Labute approximate surface area is 147 Å². The Hall–Kier alpha value is -0.930. The van der Waals surface area contributed by atoms with Gasteiger partial charge in [0, 0.05) is 12.6 Å². The molecule has 1 saturated carbocycles. The maximum absolute atomic E-state index is 12.6. The molecule has 0 aromatic heterocycles. The van der Waals surface area contributed by atoms with E-state index in [4.69, 9.17) is 27.9 Å². The summed E-state index contributed by atoms with van der Waals surface area (Å²) in [4.78, 5) is 14.6. The second-order valence-electron chi connectivity index (χ2n) is 8.08. The molecule has 5 heteroatoms. The molecule has 0 spiro atoms. The predicted molar refractivity (Wildman–Crippen MR) is 93.2 cm³/mol. The average Bonchev–Trinajstić information content (AvgIpc) is 2.69. The summed E-state index contributed by atoms with van der Waals surface area (Å²) in [5.74, 6) is 0.494. The van der Waals surface area contributed by atoms with Crippen molar-refractivity contribution in [3.8, 4) is 5.75 Å². The molecule has 23 heavy (non-hydrogen) atoms. The number of likely N-dealkylation sites (tertiary alicyclic amines) is 1. The normalized spacial score (nSPS) is 28.7. The van der Waals surface area contributed by atoms with E-state index in [1.165, 1.54) is 6.42 Å². The third-order valence-corrected chi connectivity index (χ3v) is 5.80. The Morgan fingerprint density at radius 3 is 2.78 bits per heavy atom. The van der Waals surface area contributed by atoms with Crippen LogP contribution in [0.4, 0.5) is 0 Å². The predicted octanol–water partition coefficient (Wildman–Crippen LogP) is 4.80. The molecule has 1 aliphatic heterocycles. The number of nitrogens with zero attached hydrogens (tertiary/aromatic N) is 1. The molecule has 1 amide bonds. The van der Waals surface area contributed by atoms with Gasteiger partial charge in [0.1, 0.15) is 10.8 Å². The number of carbonyl (C=O) groups is 1. The van der Waals surface area contributed by atoms with Crippen LogP contribution in [-0.4, -0.2) is 30.0 Å². The van der Waals surface area contributed by atoms with Crippen molar-refractivity contribution in [3.63, 3.8) is 0 Å². The van der Waals surface area contributed by atoms with Gasteiger partial charge in [0.05, 0.1) is 5.02 Å². The van der Waals surface area contributed by atoms with E-state index in [1.54, 1.807) is 18.2 Å². The fraction of sp³-hybridized carbons (Fsp3) is 0.611. The van der Waals surface area contributed by atoms with Gasteiger partial charge in [-0.05, 0) is 42.2 Å². The lowest BCUT2D eigenvalue weighted by Crippen LogP contribution is -2.40. The molecular weight excluding hydrogens is 333 g/mol. The van der Waals surface area contributed by atoms with Crippen LogP contribution in [0.3, 0.4) is 0 Å². The molecule has 2 atom stereocenters. The van der Waals surface area contributed by atoms with Crippen molar-refractivity contribution >= 4 is 29.1 Å². The molecule has 2 bridgehead atoms. The standard InChI is InChI=1S/C18H23Cl2NO2/c1-17(2)7-12-8-18(3,10-17)11-21(12)15(22)9-23-14-6-4-5-13(19)16(14)20/h4-6,12H,7-11H2,1-3H3/t12-,18+/m0/s1. The Morgan fingerprint density at radius 2 is 2.04 bits per heavy atom. The highest BCUT2D eigenvalue weighted by molar-refractivity contribution is 6.42. The molecule has 1 aromatic rings. The molecule has 126 valence electrons. The summed E-state index contributed by atoms with van der Waals surface area (Å²) in [6.07, 6.45) is 3.33. The van der Waals surface area contributed by atoms with Gasteiger partial charge in [-0.25, -0.2) is 0 Å². The van der Waals surface area contributed by atoms with Crippen LogP contribution >= 0.6 is 23.2 Å². The van der Waals surface area contributed by atoms with Crippen LogP contribution in [0.1, 0.15) is 40.0 Å². The molecule has 2 fully saturated rings. The van der Waals surface area contributed by atoms with Gasteiger partial charge in [-0.15, -0.1) is 0 Å². The van der Waals surface area contributed by atoms with E-state index in [1.807, 2.05) is 4.90 Å². The van der Waals surface area contributed by atoms with Gasteiger partial charge in [-0.1, -0.05) is 50.0 Å². The lowest BCUT2D eigenvalue weighted by molar-refractivity contribution is -0.134. The van der Waals surface area contributed by atoms with Crippen molar-refractivity contribution in [2.45, 2.75) is 46.1 Å². The van der Waals surface area contributed by atoms with E-state index in [2.05, 4.69) is 20.8 Å². The summed E-state index contributed by atoms with van der Waals surface area (Å²) < 4.78 is 5.62. The minimum atomic E-state index is 0.00701. The summed E-state index contributed by atoms with van der Waals surface area (Å²) in [6.45, 7) is 7.73. The Kier molecular flexibility index (Phi) is 4.31. The molecule has 1 heterocycles. The highest BCUT2D eigenvalue weighted by Gasteiger charge is 2.50. The molecule has 3 nitrogen and oxygen atoms in total. The number of hydrogen-bond donors (Lipinski definition) is 0. The van der Waals surface area contributed by atoms with E-state index in [-0.39, 0.29) is 17.9 Å². The highest BCUT2D eigenvalue weighted by atomic mass is 35.5. The molecule has 0 radical (unpaired) electrons. The summed E-state index contributed by atoms with van der Waals surface area (Å²) in [6, 6.07) is 5.52. The van der Waals surface area contributed by atoms with Crippen LogP contribution in [0, 0.1) is 10.8 Å². The van der Waals surface area contributed by atoms with Gasteiger partial charge < -0.3 is 9.64 Å². The highest BCUT2D eigenvalue weighted by Crippen LogP contribution is 2.52. The van der Waals surface area contributed by atoms with Crippen LogP contribution < -0.4 is 4.74 Å². The van der Waals surface area contributed by atoms with Gasteiger partial charge in [0.15, 0.2) is 6.61 Å². The monoisotopic (exact) mass is 355 g/mol. The minimum absolute atomic E-state index is 0.00701. The van der Waals surface area contributed by atoms with Crippen molar-refractivity contribution in [3.05, 3.63) is 28.2 Å². The second-order valence-corrected chi connectivity index (χ2v) is 8.86. The third-order valence-electron chi connectivity index (χ3n) is 5.00. The Morgan fingerprint density at radius 1 is 1.30 bits per heavy atom. The van der Waals surface area contributed by atoms with Gasteiger partial charge >= 0.3 is 0 Å². The Balaban J connectivity index is 1.67. The molecule has 2 aliphatic rings. The lowest BCUT2D eigenvalue weighted by atomic mass is 9.65. The number of benzene rings is 1. The topological polar surface area (TPSA) is 29.5 Å². The van der Waals surface area contributed by atoms with Crippen LogP contribution in [0.15, 0.2) is 18.2 Å². The zero-order chi connectivity index (χ0) is 16.8. The first-order chi connectivity index (χ1) is 10.7. The summed E-state index contributed by atoms with van der Waals surface area (Å²) >= 11 is 12.1. The smallest absolute Gasteiger partial charge is 0.260 e. The maximum Gasteiger partial charge on any atom is 0.260 e. The summed E-state index contributed by atoms with van der Waals surface area (Å²) in [5.41, 5.74) is 0.527. The molecular formula is C18H23Cl2NO2. The van der Waals surface area contributed by atoms with E-state index in [0.717, 1.165) is 19.4 Å². The van der Waals surface area contributed by atoms with E-state index in [9.17, 15) is 4.79 Å². The number of amides is 1. The first-order valence-electron chi connectivity index (χ1n) is 8.05. The van der Waals surface area contributed by atoms with E-state index in [0.29, 0.717) is 27.3 Å². The zero-order valence-corrected chi connectivity index (χ0v) is 15.4. The first kappa shape index (κ1) is 16.9. The number of fused-ring (bicyclic) bond motifs is 2. The van der Waals surface area contributed by atoms with Crippen molar-refractivity contribution in [2.75, 3.05) is 13.2 Å². The number of hydrogen-bond acceptors (Lipinski definition) is 2. The number of rotatable bonds is 3. The molecule has 1 aliphatic carbocycles. The first-order valence-corrected chi connectivity index (χ1v) is 8.81.